The predicted octanol–water partition coefficient (Wildman–Crippen LogP) is 2.85. The van der Waals surface area contributed by atoms with E-state index in [1.54, 1.807) is 12.1 Å². The number of ether oxygens (including phenoxy) is 1. The maximum atomic E-state index is 11.7. The van der Waals surface area contributed by atoms with Crippen LogP contribution >= 0.6 is 0 Å². The van der Waals surface area contributed by atoms with Gasteiger partial charge in [0.15, 0.2) is 6.61 Å². The number of carbonyl (C=O) groups excluding carboxylic acids is 1. The Kier molecular flexibility index (Phi) is 5.36. The second-order valence-electron chi connectivity index (χ2n) is 5.34. The number of aromatic hydroxyl groups is 1. The second-order valence-corrected chi connectivity index (χ2v) is 5.34. The van der Waals surface area contributed by atoms with Crippen molar-refractivity contribution in [1.29, 1.82) is 0 Å². The minimum absolute atomic E-state index is 0.120. The van der Waals surface area contributed by atoms with Crippen LogP contribution in [0.2, 0.25) is 0 Å². The van der Waals surface area contributed by atoms with E-state index in [2.05, 4.69) is 10.5 Å². The van der Waals surface area contributed by atoms with Crippen LogP contribution in [0.3, 0.4) is 0 Å². The fraction of sp³-hybridized carbons (Fsp3) is 0.222. The number of rotatable bonds is 5. The summed E-state index contributed by atoms with van der Waals surface area (Å²) in [6.07, 6.45) is 1.39. The predicted molar refractivity (Wildman–Crippen MR) is 90.0 cm³/mol. The van der Waals surface area contributed by atoms with Crippen molar-refractivity contribution in [2.75, 3.05) is 6.61 Å². The van der Waals surface area contributed by atoms with Crippen LogP contribution in [0.4, 0.5) is 0 Å². The Bertz CT molecular complexity index is 739. The van der Waals surface area contributed by atoms with Crippen LogP contribution in [0.15, 0.2) is 41.5 Å². The Hall–Kier alpha value is -2.82. The molecule has 0 aliphatic carbocycles. The lowest BCUT2D eigenvalue weighted by Gasteiger charge is -2.09. The van der Waals surface area contributed by atoms with Crippen molar-refractivity contribution in [3.63, 3.8) is 0 Å². The van der Waals surface area contributed by atoms with Crippen molar-refractivity contribution in [3.8, 4) is 11.5 Å². The largest absolute Gasteiger partial charge is 0.507 e. The third-order valence-electron chi connectivity index (χ3n) is 3.49. The van der Waals surface area contributed by atoms with E-state index in [0.29, 0.717) is 11.3 Å². The highest BCUT2D eigenvalue weighted by Crippen LogP contribution is 2.20. The molecular weight excluding hydrogens is 292 g/mol. The summed E-state index contributed by atoms with van der Waals surface area (Å²) in [6, 6.07) is 10.9. The highest BCUT2D eigenvalue weighted by Gasteiger charge is 2.05. The summed E-state index contributed by atoms with van der Waals surface area (Å²) >= 11 is 0. The first-order valence-corrected chi connectivity index (χ1v) is 7.28. The van der Waals surface area contributed by atoms with Gasteiger partial charge in [-0.15, -0.1) is 0 Å². The van der Waals surface area contributed by atoms with Crippen LogP contribution in [-0.2, 0) is 4.79 Å². The van der Waals surface area contributed by atoms with Gasteiger partial charge >= 0.3 is 0 Å². The number of hydrazone groups is 1. The van der Waals surface area contributed by atoms with Gasteiger partial charge < -0.3 is 9.84 Å². The lowest BCUT2D eigenvalue weighted by Crippen LogP contribution is -2.24. The molecule has 0 bridgehead atoms. The summed E-state index contributed by atoms with van der Waals surface area (Å²) < 4.78 is 5.49. The molecule has 2 N–H and O–H groups in total. The van der Waals surface area contributed by atoms with Gasteiger partial charge in [0.2, 0.25) is 0 Å². The van der Waals surface area contributed by atoms with Gasteiger partial charge in [-0.2, -0.15) is 5.10 Å². The maximum absolute atomic E-state index is 11.7. The molecule has 0 saturated heterocycles. The fourth-order valence-corrected chi connectivity index (χ4v) is 1.99. The van der Waals surface area contributed by atoms with Crippen LogP contribution in [0.1, 0.15) is 22.3 Å². The number of nitrogens with one attached hydrogen (secondary N) is 1. The van der Waals surface area contributed by atoms with Gasteiger partial charge in [-0.05, 0) is 55.7 Å². The van der Waals surface area contributed by atoms with Gasteiger partial charge in [-0.3, -0.25) is 4.79 Å². The SMILES string of the molecule is Cc1ccc(/C=N\NC(=O)COc2cccc(C)c2C)c(O)c1. The van der Waals surface area contributed by atoms with Crippen molar-refractivity contribution in [3.05, 3.63) is 58.7 Å². The quantitative estimate of drug-likeness (QED) is 0.659. The molecule has 1 amide bonds. The lowest BCUT2D eigenvalue weighted by molar-refractivity contribution is -0.123. The van der Waals surface area contributed by atoms with E-state index in [0.717, 1.165) is 16.7 Å². The van der Waals surface area contributed by atoms with Crippen LogP contribution < -0.4 is 10.2 Å². The zero-order valence-electron chi connectivity index (χ0n) is 13.5. The highest BCUT2D eigenvalue weighted by molar-refractivity contribution is 5.85. The minimum Gasteiger partial charge on any atom is -0.507 e. The molecule has 0 aliphatic heterocycles. The zero-order valence-corrected chi connectivity index (χ0v) is 13.5. The minimum atomic E-state index is -0.367. The molecule has 5 nitrogen and oxygen atoms in total. The molecule has 120 valence electrons. The number of nitrogens with zero attached hydrogens (tertiary/aromatic N) is 1. The van der Waals surface area contributed by atoms with Crippen molar-refractivity contribution < 1.29 is 14.6 Å². The molecule has 5 heteroatoms. The van der Waals surface area contributed by atoms with Crippen LogP contribution in [0.5, 0.6) is 11.5 Å². The molecule has 0 aliphatic rings. The van der Waals surface area contributed by atoms with Crippen molar-refractivity contribution in [2.45, 2.75) is 20.8 Å². The molecule has 0 unspecified atom stereocenters. The number of hydrogen-bond acceptors (Lipinski definition) is 4. The summed E-state index contributed by atoms with van der Waals surface area (Å²) in [7, 11) is 0. The molecule has 0 radical (unpaired) electrons. The number of hydrogen-bond donors (Lipinski definition) is 2. The first-order chi connectivity index (χ1) is 11.0. The molecule has 0 atom stereocenters. The molecule has 0 heterocycles. The van der Waals surface area contributed by atoms with E-state index in [9.17, 15) is 9.90 Å². The number of phenolic OH excluding ortho intramolecular Hbond substituents is 1. The van der Waals surface area contributed by atoms with E-state index >= 15 is 0 Å². The van der Waals surface area contributed by atoms with Gasteiger partial charge in [0, 0.05) is 5.56 Å². The van der Waals surface area contributed by atoms with Crippen LogP contribution in [0.25, 0.3) is 0 Å². The Morgan fingerprint density at radius 2 is 2.04 bits per heavy atom. The second kappa shape index (κ2) is 7.45. The van der Waals surface area contributed by atoms with Crippen LogP contribution in [-0.4, -0.2) is 23.8 Å². The van der Waals surface area contributed by atoms with E-state index in [4.69, 9.17) is 4.74 Å². The summed E-state index contributed by atoms with van der Waals surface area (Å²) in [6.45, 7) is 5.69. The number of aryl methyl sites for hydroxylation is 2. The Labute approximate surface area is 135 Å². The fourth-order valence-electron chi connectivity index (χ4n) is 1.99. The smallest absolute Gasteiger partial charge is 0.277 e. The molecule has 2 rings (SSSR count). The summed E-state index contributed by atoms with van der Waals surface area (Å²) in [4.78, 5) is 11.7. The first-order valence-electron chi connectivity index (χ1n) is 7.28. The van der Waals surface area contributed by atoms with Gasteiger partial charge in [-0.1, -0.05) is 18.2 Å². The van der Waals surface area contributed by atoms with Crippen molar-refractivity contribution in [1.82, 2.24) is 5.43 Å². The summed E-state index contributed by atoms with van der Waals surface area (Å²) in [5.41, 5.74) is 5.97. The number of carbonyl (C=O) groups is 1. The molecule has 2 aromatic carbocycles. The molecule has 0 fully saturated rings. The average Bonchev–Trinajstić information content (AvgIpc) is 2.51. The standard InChI is InChI=1S/C18H20N2O3/c1-12-7-8-15(16(21)9-12)10-19-20-18(22)11-23-17-6-4-5-13(2)14(17)3/h4-10,21H,11H2,1-3H3,(H,20,22)/b19-10-. The normalized spacial score (nSPS) is 10.7. The van der Waals surface area contributed by atoms with E-state index < -0.39 is 0 Å². The van der Waals surface area contributed by atoms with Gasteiger partial charge in [0.1, 0.15) is 11.5 Å². The van der Waals surface area contributed by atoms with Crippen molar-refractivity contribution in [2.24, 2.45) is 5.10 Å². The van der Waals surface area contributed by atoms with Gasteiger partial charge in [-0.25, -0.2) is 5.43 Å². The molecular formula is C18H20N2O3. The topological polar surface area (TPSA) is 70.9 Å². The molecule has 0 aromatic heterocycles. The van der Waals surface area contributed by atoms with Crippen molar-refractivity contribution >= 4 is 12.1 Å². The Morgan fingerprint density at radius 1 is 1.26 bits per heavy atom. The number of benzene rings is 2. The number of amides is 1. The monoisotopic (exact) mass is 312 g/mol. The lowest BCUT2D eigenvalue weighted by atomic mass is 10.1. The van der Waals surface area contributed by atoms with Crippen LogP contribution in [0, 0.1) is 20.8 Å². The van der Waals surface area contributed by atoms with Gasteiger partial charge in [0.05, 0.1) is 6.21 Å². The van der Waals surface area contributed by atoms with Gasteiger partial charge in [0.25, 0.3) is 5.91 Å². The Balaban J connectivity index is 1.87. The number of phenols is 1. The summed E-state index contributed by atoms with van der Waals surface area (Å²) in [5, 5.41) is 13.6. The highest BCUT2D eigenvalue weighted by atomic mass is 16.5. The van der Waals surface area contributed by atoms with E-state index in [-0.39, 0.29) is 18.3 Å². The molecule has 23 heavy (non-hydrogen) atoms. The van der Waals surface area contributed by atoms with E-state index in [1.807, 2.05) is 45.0 Å². The average molecular weight is 312 g/mol. The third-order valence-corrected chi connectivity index (χ3v) is 3.49. The molecule has 2 aromatic rings. The molecule has 0 spiro atoms. The maximum Gasteiger partial charge on any atom is 0.277 e. The molecule has 0 saturated carbocycles. The summed E-state index contributed by atoms with van der Waals surface area (Å²) in [5.74, 6) is 0.434. The third kappa shape index (κ3) is 4.57. The first kappa shape index (κ1) is 16.5. The zero-order chi connectivity index (χ0) is 16.8. The van der Waals surface area contributed by atoms with E-state index in [1.165, 1.54) is 6.21 Å². The Morgan fingerprint density at radius 3 is 2.78 bits per heavy atom.